The lowest BCUT2D eigenvalue weighted by molar-refractivity contribution is 0.102. The van der Waals surface area contributed by atoms with E-state index in [-0.39, 0.29) is 18.4 Å². The van der Waals surface area contributed by atoms with Crippen molar-refractivity contribution in [2.75, 3.05) is 17.7 Å². The highest BCUT2D eigenvalue weighted by Gasteiger charge is 2.24. The SMILES string of the molecule is Cc1sc(SCCCCCF)c2c(NC(=O)c3ccncc3)nc(=O)n-2c1C. The van der Waals surface area contributed by atoms with Gasteiger partial charge >= 0.3 is 5.69 Å². The number of hydrogen-bond donors (Lipinski definition) is 1. The molecule has 3 rings (SSSR count). The Bertz CT molecular complexity index is 988. The summed E-state index contributed by atoms with van der Waals surface area (Å²) in [5.41, 5.74) is 1.46. The molecule has 0 radical (unpaired) electrons. The predicted octanol–water partition coefficient (Wildman–Crippen LogP) is 4.23. The number of unbranched alkanes of at least 4 members (excludes halogenated alkanes) is 2. The molecule has 0 unspecified atom stereocenters. The van der Waals surface area contributed by atoms with Gasteiger partial charge in [0.1, 0.15) is 5.69 Å². The van der Waals surface area contributed by atoms with Gasteiger partial charge in [0.2, 0.25) is 0 Å². The van der Waals surface area contributed by atoms with Gasteiger partial charge in [-0.2, -0.15) is 4.98 Å². The minimum atomic E-state index is -0.410. The largest absolute Gasteiger partial charge is 0.354 e. The smallest absolute Gasteiger partial charge is 0.305 e. The maximum absolute atomic E-state index is 12.5. The van der Waals surface area contributed by atoms with Crippen LogP contribution in [0, 0.1) is 13.8 Å². The minimum absolute atomic E-state index is 0.262. The molecule has 1 aromatic rings. The van der Waals surface area contributed by atoms with Crippen LogP contribution in [-0.4, -0.2) is 32.9 Å². The number of fused-ring (bicyclic) bond motifs is 1. The van der Waals surface area contributed by atoms with Gasteiger partial charge in [-0.15, -0.1) is 23.1 Å². The lowest BCUT2D eigenvalue weighted by Crippen LogP contribution is -2.17. The number of alkyl halides is 1. The topological polar surface area (TPSA) is 76.9 Å². The maximum Gasteiger partial charge on any atom is 0.354 e. The fourth-order valence-corrected chi connectivity index (χ4v) is 5.25. The van der Waals surface area contributed by atoms with Crippen molar-refractivity contribution in [3.8, 4) is 5.69 Å². The van der Waals surface area contributed by atoms with E-state index in [0.29, 0.717) is 17.7 Å². The van der Waals surface area contributed by atoms with E-state index >= 15 is 0 Å². The lowest BCUT2D eigenvalue weighted by Gasteiger charge is -2.15. The van der Waals surface area contributed by atoms with Crippen molar-refractivity contribution in [2.45, 2.75) is 37.3 Å². The van der Waals surface area contributed by atoms with E-state index in [1.54, 1.807) is 39.8 Å². The van der Waals surface area contributed by atoms with Crippen LogP contribution >= 0.6 is 23.1 Å². The van der Waals surface area contributed by atoms with Gasteiger partial charge in [-0.3, -0.25) is 18.7 Å². The number of nitrogens with zero attached hydrogens (tertiary/aromatic N) is 3. The highest BCUT2D eigenvalue weighted by molar-refractivity contribution is 8.01. The van der Waals surface area contributed by atoms with E-state index in [2.05, 4.69) is 15.3 Å². The Morgan fingerprint density at radius 2 is 2.00 bits per heavy atom. The molecular formula is C19H21FN4O2S2. The van der Waals surface area contributed by atoms with Gasteiger partial charge in [0.15, 0.2) is 5.82 Å². The molecule has 9 heteroatoms. The fourth-order valence-electron chi connectivity index (χ4n) is 2.72. The van der Waals surface area contributed by atoms with Gasteiger partial charge in [-0.25, -0.2) is 4.79 Å². The molecule has 2 aliphatic rings. The third-order valence-electron chi connectivity index (χ3n) is 4.32. The number of halogens is 1. The zero-order chi connectivity index (χ0) is 20.1. The van der Waals surface area contributed by atoms with Crippen LogP contribution in [0.4, 0.5) is 10.2 Å². The van der Waals surface area contributed by atoms with E-state index in [1.807, 2.05) is 13.8 Å². The second kappa shape index (κ2) is 9.29. The fraction of sp³-hybridized carbons (Fsp3) is 0.368. The van der Waals surface area contributed by atoms with E-state index in [4.69, 9.17) is 0 Å². The van der Waals surface area contributed by atoms with Gasteiger partial charge in [-0.1, -0.05) is 6.42 Å². The number of anilines is 1. The number of carbonyl (C=O) groups is 1. The van der Waals surface area contributed by atoms with Crippen LogP contribution in [0.25, 0.3) is 5.69 Å². The predicted molar refractivity (Wildman–Crippen MR) is 111 cm³/mol. The summed E-state index contributed by atoms with van der Waals surface area (Å²) in [4.78, 5) is 34.0. The molecule has 148 valence electrons. The van der Waals surface area contributed by atoms with Crippen LogP contribution in [0.2, 0.25) is 0 Å². The molecule has 0 aromatic carbocycles. The third-order valence-corrected chi connectivity index (χ3v) is 6.85. The molecule has 2 aliphatic heterocycles. The molecule has 0 bridgehead atoms. The zero-order valence-electron chi connectivity index (χ0n) is 15.7. The Morgan fingerprint density at radius 3 is 2.71 bits per heavy atom. The summed E-state index contributed by atoms with van der Waals surface area (Å²) in [7, 11) is 0. The summed E-state index contributed by atoms with van der Waals surface area (Å²) < 4.78 is 14.7. The van der Waals surface area contributed by atoms with Crippen LogP contribution in [-0.2, 0) is 0 Å². The molecule has 0 atom stereocenters. The minimum Gasteiger partial charge on any atom is -0.305 e. The number of nitrogens with one attached hydrogen (secondary N) is 1. The number of carbonyl (C=O) groups excluding carboxylic acids is 1. The zero-order valence-corrected chi connectivity index (χ0v) is 17.3. The van der Waals surface area contributed by atoms with Crippen LogP contribution in [0.15, 0.2) is 33.5 Å². The summed E-state index contributed by atoms with van der Waals surface area (Å²) in [5.74, 6) is 0.730. The first-order valence-corrected chi connectivity index (χ1v) is 10.8. The lowest BCUT2D eigenvalue weighted by atomic mass is 10.2. The van der Waals surface area contributed by atoms with Crippen molar-refractivity contribution in [1.82, 2.24) is 14.5 Å². The van der Waals surface area contributed by atoms with Gasteiger partial charge in [0, 0.05) is 28.5 Å². The number of amides is 1. The molecule has 1 N–H and O–H groups in total. The van der Waals surface area contributed by atoms with Crippen molar-refractivity contribution in [3.63, 3.8) is 0 Å². The molecule has 0 aliphatic carbocycles. The highest BCUT2D eigenvalue weighted by Crippen LogP contribution is 2.38. The van der Waals surface area contributed by atoms with Crippen LogP contribution in [0.1, 0.15) is 40.2 Å². The van der Waals surface area contributed by atoms with Crippen molar-refractivity contribution in [1.29, 1.82) is 0 Å². The number of rotatable bonds is 8. The quantitative estimate of drug-likeness (QED) is 0.436. The van der Waals surface area contributed by atoms with Crippen molar-refractivity contribution in [2.24, 2.45) is 0 Å². The second-order valence-corrected chi connectivity index (χ2v) is 8.83. The Kier molecular flexibility index (Phi) is 6.79. The Hall–Kier alpha value is -2.26. The Labute approximate surface area is 170 Å². The number of pyridine rings is 1. The second-order valence-electron chi connectivity index (χ2n) is 6.25. The molecule has 1 aromatic heterocycles. The van der Waals surface area contributed by atoms with Crippen LogP contribution < -0.4 is 11.0 Å². The molecular weight excluding hydrogens is 399 g/mol. The molecule has 0 saturated carbocycles. The van der Waals surface area contributed by atoms with Gasteiger partial charge in [-0.05, 0) is 44.6 Å². The average Bonchev–Trinajstić information content (AvgIpc) is 3.02. The van der Waals surface area contributed by atoms with Gasteiger partial charge in [0.05, 0.1) is 10.9 Å². The summed E-state index contributed by atoms with van der Waals surface area (Å²) in [6.07, 6.45) is 5.35. The van der Waals surface area contributed by atoms with Crippen LogP contribution in [0.5, 0.6) is 0 Å². The number of aromatic nitrogens is 3. The molecule has 6 nitrogen and oxygen atoms in total. The summed E-state index contributed by atoms with van der Waals surface area (Å²) in [5, 5.41) is 2.76. The Balaban J connectivity index is 1.92. The standard InChI is InChI=1S/C19H21FN4O2S2/c1-12-13(2)28-18(27-11-5-3-4-8-20)15-16(23-19(26)24(12)15)22-17(25)14-6-9-21-10-7-14/h6-7,9-10H,3-5,8,11H2,1-2H3,(H,22,23,25,26). The molecule has 0 spiro atoms. The third kappa shape index (κ3) is 4.41. The number of hydrogen-bond acceptors (Lipinski definition) is 6. The van der Waals surface area contributed by atoms with Crippen molar-refractivity contribution in [3.05, 3.63) is 51.1 Å². The highest BCUT2D eigenvalue weighted by atomic mass is 32.2. The first kappa shape index (κ1) is 20.5. The molecule has 0 saturated heterocycles. The van der Waals surface area contributed by atoms with E-state index < -0.39 is 5.69 Å². The van der Waals surface area contributed by atoms with E-state index in [0.717, 1.165) is 33.4 Å². The van der Waals surface area contributed by atoms with Gasteiger partial charge in [0.25, 0.3) is 5.91 Å². The Morgan fingerprint density at radius 1 is 1.25 bits per heavy atom. The number of aryl methyl sites for hydroxylation is 1. The maximum atomic E-state index is 12.5. The summed E-state index contributed by atoms with van der Waals surface area (Å²) in [6, 6.07) is 3.20. The van der Waals surface area contributed by atoms with Gasteiger partial charge < -0.3 is 5.32 Å². The monoisotopic (exact) mass is 420 g/mol. The van der Waals surface area contributed by atoms with Crippen LogP contribution in [0.3, 0.4) is 0 Å². The van der Waals surface area contributed by atoms with E-state index in [1.165, 1.54) is 12.4 Å². The number of imidazole rings is 1. The summed E-state index contributed by atoms with van der Waals surface area (Å²) in [6.45, 7) is 3.53. The normalized spacial score (nSPS) is 11.1. The van der Waals surface area contributed by atoms with Crippen molar-refractivity contribution < 1.29 is 9.18 Å². The van der Waals surface area contributed by atoms with Crippen molar-refractivity contribution >= 4 is 34.8 Å². The molecule has 28 heavy (non-hydrogen) atoms. The summed E-state index contributed by atoms with van der Waals surface area (Å²) >= 11 is 3.18. The first-order valence-electron chi connectivity index (χ1n) is 8.96. The molecule has 1 amide bonds. The molecule has 0 fully saturated rings. The first-order chi connectivity index (χ1) is 13.5. The van der Waals surface area contributed by atoms with E-state index in [9.17, 15) is 14.0 Å². The average molecular weight is 421 g/mol. The number of thioether (sulfide) groups is 1. The molecule has 3 heterocycles.